The van der Waals surface area contributed by atoms with Crippen LogP contribution in [-0.4, -0.2) is 17.6 Å². The molecule has 1 amide bonds. The van der Waals surface area contributed by atoms with Crippen LogP contribution in [0.15, 0.2) is 18.5 Å². The fourth-order valence-electron chi connectivity index (χ4n) is 1.41. The summed E-state index contributed by atoms with van der Waals surface area (Å²) in [6.45, 7) is 2.87. The number of aromatic nitrogens is 1. The fraction of sp³-hybridized carbons (Fsp3) is 0.333. The van der Waals surface area contributed by atoms with Crippen LogP contribution in [0.2, 0.25) is 0 Å². The summed E-state index contributed by atoms with van der Waals surface area (Å²) in [5.74, 6) is 0. The van der Waals surface area contributed by atoms with Gasteiger partial charge in [-0.15, -0.1) is 0 Å². The zero-order valence-electron chi connectivity index (χ0n) is 7.36. The van der Waals surface area contributed by atoms with E-state index in [9.17, 15) is 4.79 Å². The van der Waals surface area contributed by atoms with Gasteiger partial charge in [-0.2, -0.15) is 0 Å². The van der Waals surface area contributed by atoms with Crippen LogP contribution in [0.1, 0.15) is 12.5 Å². The van der Waals surface area contributed by atoms with Gasteiger partial charge in [-0.05, 0) is 13.0 Å². The molecule has 0 unspecified atom stereocenters. The zero-order valence-corrected chi connectivity index (χ0v) is 7.36. The van der Waals surface area contributed by atoms with E-state index in [1.807, 2.05) is 13.0 Å². The lowest BCUT2D eigenvalue weighted by Gasteiger charge is -2.27. The molecule has 2 heterocycles. The Kier molecular flexibility index (Phi) is 1.88. The minimum Gasteiger partial charge on any atom is -0.444 e. The number of amides is 1. The van der Waals surface area contributed by atoms with Crippen LogP contribution >= 0.6 is 0 Å². The number of rotatable bonds is 1. The highest BCUT2D eigenvalue weighted by molar-refractivity contribution is 5.90. The average molecular weight is 178 g/mol. The maximum absolute atomic E-state index is 11.3. The first kappa shape index (κ1) is 8.04. The van der Waals surface area contributed by atoms with E-state index in [0.717, 1.165) is 11.3 Å². The van der Waals surface area contributed by atoms with Gasteiger partial charge in [-0.3, -0.25) is 9.88 Å². The summed E-state index contributed by atoms with van der Waals surface area (Å²) in [7, 11) is 0. The number of fused-ring (bicyclic) bond motifs is 1. The SMILES string of the molecule is CCN1C(=O)OCc2cnccc21. The molecule has 4 nitrogen and oxygen atoms in total. The van der Waals surface area contributed by atoms with Crippen LogP contribution in [0.25, 0.3) is 0 Å². The minimum atomic E-state index is -0.277. The second-order valence-electron chi connectivity index (χ2n) is 2.80. The quantitative estimate of drug-likeness (QED) is 0.655. The molecule has 0 saturated carbocycles. The summed E-state index contributed by atoms with van der Waals surface area (Å²) in [5, 5.41) is 0. The van der Waals surface area contributed by atoms with Crippen molar-refractivity contribution in [3.8, 4) is 0 Å². The van der Waals surface area contributed by atoms with Crippen molar-refractivity contribution in [2.45, 2.75) is 13.5 Å². The summed E-state index contributed by atoms with van der Waals surface area (Å²) >= 11 is 0. The summed E-state index contributed by atoms with van der Waals surface area (Å²) in [6, 6.07) is 1.83. The van der Waals surface area contributed by atoms with E-state index in [0.29, 0.717) is 13.2 Å². The molecule has 1 aliphatic heterocycles. The summed E-state index contributed by atoms with van der Waals surface area (Å²) in [4.78, 5) is 16.8. The average Bonchev–Trinajstić information content (AvgIpc) is 2.18. The number of cyclic esters (lactones) is 1. The molecule has 13 heavy (non-hydrogen) atoms. The normalized spacial score (nSPS) is 15.2. The van der Waals surface area contributed by atoms with Crippen LogP contribution in [0.4, 0.5) is 10.5 Å². The van der Waals surface area contributed by atoms with Crippen molar-refractivity contribution in [3.05, 3.63) is 24.0 Å². The Bertz CT molecular complexity index is 338. The molecule has 0 radical (unpaired) electrons. The van der Waals surface area contributed by atoms with Crippen LogP contribution in [-0.2, 0) is 11.3 Å². The minimum absolute atomic E-state index is 0.277. The lowest BCUT2D eigenvalue weighted by molar-refractivity contribution is 0.142. The number of pyridine rings is 1. The highest BCUT2D eigenvalue weighted by Crippen LogP contribution is 2.25. The standard InChI is InChI=1S/C9H10N2O2/c1-2-11-8-3-4-10-5-7(8)6-13-9(11)12/h3-5H,2,6H2,1H3. The highest BCUT2D eigenvalue weighted by Gasteiger charge is 2.23. The molecule has 1 aliphatic rings. The maximum Gasteiger partial charge on any atom is 0.414 e. The van der Waals surface area contributed by atoms with E-state index in [1.54, 1.807) is 17.3 Å². The molecule has 0 atom stereocenters. The Labute approximate surface area is 76.1 Å². The second-order valence-corrected chi connectivity index (χ2v) is 2.80. The third-order valence-corrected chi connectivity index (χ3v) is 2.06. The van der Waals surface area contributed by atoms with Gasteiger partial charge in [0.2, 0.25) is 0 Å². The van der Waals surface area contributed by atoms with Crippen molar-refractivity contribution in [1.29, 1.82) is 0 Å². The lowest BCUT2D eigenvalue weighted by Crippen LogP contribution is -2.35. The number of hydrogen-bond acceptors (Lipinski definition) is 3. The van der Waals surface area contributed by atoms with Gasteiger partial charge in [0.1, 0.15) is 6.61 Å². The first-order valence-electron chi connectivity index (χ1n) is 4.20. The van der Waals surface area contributed by atoms with Gasteiger partial charge in [0.15, 0.2) is 0 Å². The van der Waals surface area contributed by atoms with Gasteiger partial charge >= 0.3 is 6.09 Å². The lowest BCUT2D eigenvalue weighted by atomic mass is 10.2. The van der Waals surface area contributed by atoms with Gasteiger partial charge in [-0.1, -0.05) is 0 Å². The summed E-state index contributed by atoms with van der Waals surface area (Å²) < 4.78 is 4.95. The smallest absolute Gasteiger partial charge is 0.414 e. The second kappa shape index (κ2) is 3.05. The zero-order chi connectivity index (χ0) is 9.26. The first-order valence-corrected chi connectivity index (χ1v) is 4.20. The monoisotopic (exact) mass is 178 g/mol. The van der Waals surface area contributed by atoms with E-state index < -0.39 is 0 Å². The first-order chi connectivity index (χ1) is 6.33. The number of carbonyl (C=O) groups excluding carboxylic acids is 1. The topological polar surface area (TPSA) is 42.4 Å². The van der Waals surface area contributed by atoms with Gasteiger partial charge in [-0.25, -0.2) is 4.79 Å². The molecular formula is C9H10N2O2. The van der Waals surface area contributed by atoms with Gasteiger partial charge in [0.25, 0.3) is 0 Å². The number of carbonyl (C=O) groups is 1. The summed E-state index contributed by atoms with van der Waals surface area (Å²) in [6.07, 6.45) is 3.13. The van der Waals surface area contributed by atoms with Crippen LogP contribution in [0, 0.1) is 0 Å². The highest BCUT2D eigenvalue weighted by atomic mass is 16.6. The molecule has 0 N–H and O–H groups in total. The Balaban J connectivity index is 2.45. The third kappa shape index (κ3) is 1.24. The van der Waals surface area contributed by atoms with Crippen molar-refractivity contribution in [2.24, 2.45) is 0 Å². The molecule has 0 saturated heterocycles. The van der Waals surface area contributed by atoms with E-state index in [-0.39, 0.29) is 6.09 Å². The molecule has 68 valence electrons. The Morgan fingerprint density at radius 3 is 3.31 bits per heavy atom. The van der Waals surface area contributed by atoms with E-state index in [2.05, 4.69) is 4.98 Å². The summed E-state index contributed by atoms with van der Waals surface area (Å²) in [5.41, 5.74) is 1.87. The van der Waals surface area contributed by atoms with Crippen LogP contribution in [0.3, 0.4) is 0 Å². The molecule has 0 fully saturated rings. The van der Waals surface area contributed by atoms with Crippen molar-refractivity contribution >= 4 is 11.8 Å². The Morgan fingerprint density at radius 2 is 2.54 bits per heavy atom. The van der Waals surface area contributed by atoms with Crippen molar-refractivity contribution < 1.29 is 9.53 Å². The Hall–Kier alpha value is -1.58. The molecule has 0 spiro atoms. The molecular weight excluding hydrogens is 168 g/mol. The van der Waals surface area contributed by atoms with Crippen molar-refractivity contribution in [3.63, 3.8) is 0 Å². The molecule has 2 rings (SSSR count). The number of hydrogen-bond donors (Lipinski definition) is 0. The van der Waals surface area contributed by atoms with Gasteiger partial charge in [0.05, 0.1) is 5.69 Å². The van der Waals surface area contributed by atoms with Crippen molar-refractivity contribution in [1.82, 2.24) is 4.98 Å². The molecule has 1 aromatic heterocycles. The molecule has 0 aliphatic carbocycles. The molecule has 0 bridgehead atoms. The number of nitrogens with zero attached hydrogens (tertiary/aromatic N) is 2. The predicted molar refractivity (Wildman–Crippen MR) is 47.4 cm³/mol. The largest absolute Gasteiger partial charge is 0.444 e. The number of ether oxygens (including phenoxy) is 1. The fourth-order valence-corrected chi connectivity index (χ4v) is 1.41. The number of anilines is 1. The molecule has 0 aromatic carbocycles. The van der Waals surface area contributed by atoms with Crippen LogP contribution < -0.4 is 4.90 Å². The van der Waals surface area contributed by atoms with Gasteiger partial charge < -0.3 is 4.74 Å². The van der Waals surface area contributed by atoms with E-state index >= 15 is 0 Å². The Morgan fingerprint density at radius 1 is 1.69 bits per heavy atom. The molecule has 1 aromatic rings. The maximum atomic E-state index is 11.3. The van der Waals surface area contributed by atoms with Crippen molar-refractivity contribution in [2.75, 3.05) is 11.4 Å². The van der Waals surface area contributed by atoms with Gasteiger partial charge in [0, 0.05) is 24.5 Å². The van der Waals surface area contributed by atoms with Crippen LogP contribution in [0.5, 0.6) is 0 Å². The van der Waals surface area contributed by atoms with E-state index in [1.165, 1.54) is 0 Å². The predicted octanol–water partition coefficient (Wildman–Crippen LogP) is 1.56. The third-order valence-electron chi connectivity index (χ3n) is 2.06. The van der Waals surface area contributed by atoms with E-state index in [4.69, 9.17) is 4.74 Å². The molecule has 4 heteroatoms.